The minimum absolute atomic E-state index is 0.231. The monoisotopic (exact) mass is 367 g/mol. The van der Waals surface area contributed by atoms with Crippen molar-refractivity contribution in [2.24, 2.45) is 0 Å². The number of anilines is 1. The van der Waals surface area contributed by atoms with E-state index < -0.39 is 11.9 Å². The predicted octanol–water partition coefficient (Wildman–Crippen LogP) is 4.19. The molecule has 2 aromatic rings. The Kier molecular flexibility index (Phi) is 6.46. The fraction of sp³-hybridized carbons (Fsp3) is 0.176. The molecule has 7 heteroatoms. The summed E-state index contributed by atoms with van der Waals surface area (Å²) >= 11 is 11.9. The molecular weight excluding hydrogens is 353 g/mol. The second-order valence-corrected chi connectivity index (χ2v) is 5.47. The van der Waals surface area contributed by atoms with E-state index in [4.69, 9.17) is 32.7 Å². The van der Waals surface area contributed by atoms with Crippen molar-refractivity contribution in [3.8, 4) is 5.75 Å². The summed E-state index contributed by atoms with van der Waals surface area (Å²) in [5.41, 5.74) is 0.610. The fourth-order valence-electron chi connectivity index (χ4n) is 1.92. The predicted molar refractivity (Wildman–Crippen MR) is 93.0 cm³/mol. The van der Waals surface area contributed by atoms with E-state index in [1.54, 1.807) is 49.4 Å². The summed E-state index contributed by atoms with van der Waals surface area (Å²) in [6.45, 7) is 1.65. The summed E-state index contributed by atoms with van der Waals surface area (Å²) in [4.78, 5) is 23.9. The van der Waals surface area contributed by atoms with Gasteiger partial charge in [0.1, 0.15) is 0 Å². The van der Waals surface area contributed by atoms with Crippen molar-refractivity contribution in [1.29, 1.82) is 0 Å². The SMILES string of the molecule is CCOC(=O)c1ccccc1NC(=O)COc1c(Cl)cccc1Cl. The molecule has 126 valence electrons. The van der Waals surface area contributed by atoms with Crippen LogP contribution in [0.1, 0.15) is 17.3 Å². The van der Waals surface area contributed by atoms with Gasteiger partial charge < -0.3 is 14.8 Å². The van der Waals surface area contributed by atoms with E-state index in [0.717, 1.165) is 0 Å². The van der Waals surface area contributed by atoms with Gasteiger partial charge in [-0.1, -0.05) is 41.4 Å². The van der Waals surface area contributed by atoms with Crippen molar-refractivity contribution in [3.63, 3.8) is 0 Å². The first-order chi connectivity index (χ1) is 11.5. The maximum atomic E-state index is 12.1. The average molecular weight is 368 g/mol. The highest BCUT2D eigenvalue weighted by molar-refractivity contribution is 6.37. The van der Waals surface area contributed by atoms with Crippen LogP contribution in [0.4, 0.5) is 5.69 Å². The number of nitrogens with one attached hydrogen (secondary N) is 1. The molecule has 0 bridgehead atoms. The first-order valence-electron chi connectivity index (χ1n) is 7.15. The molecule has 0 atom stereocenters. The number of esters is 1. The maximum Gasteiger partial charge on any atom is 0.340 e. The van der Waals surface area contributed by atoms with E-state index in [-0.39, 0.29) is 24.5 Å². The molecule has 0 saturated carbocycles. The van der Waals surface area contributed by atoms with Gasteiger partial charge in [0, 0.05) is 0 Å². The Morgan fingerprint density at radius 3 is 2.38 bits per heavy atom. The van der Waals surface area contributed by atoms with Gasteiger partial charge in [-0.15, -0.1) is 0 Å². The molecule has 2 aromatic carbocycles. The minimum Gasteiger partial charge on any atom is -0.481 e. The number of para-hydroxylation sites is 2. The van der Waals surface area contributed by atoms with Crippen LogP contribution in [0, 0.1) is 0 Å². The zero-order valence-corrected chi connectivity index (χ0v) is 14.4. The molecule has 2 rings (SSSR count). The molecule has 1 N–H and O–H groups in total. The smallest absolute Gasteiger partial charge is 0.340 e. The Balaban J connectivity index is 2.04. The third-order valence-corrected chi connectivity index (χ3v) is 3.56. The highest BCUT2D eigenvalue weighted by Gasteiger charge is 2.15. The number of halogens is 2. The van der Waals surface area contributed by atoms with Gasteiger partial charge in [-0.25, -0.2) is 4.79 Å². The number of carbonyl (C=O) groups excluding carboxylic acids is 2. The topological polar surface area (TPSA) is 64.6 Å². The van der Waals surface area contributed by atoms with Crippen LogP contribution in [0.5, 0.6) is 5.75 Å². The van der Waals surface area contributed by atoms with E-state index in [2.05, 4.69) is 5.32 Å². The Labute approximate surface area is 149 Å². The Morgan fingerprint density at radius 2 is 1.71 bits per heavy atom. The number of hydrogen-bond donors (Lipinski definition) is 1. The summed E-state index contributed by atoms with van der Waals surface area (Å²) in [6, 6.07) is 11.4. The normalized spacial score (nSPS) is 10.1. The molecule has 5 nitrogen and oxygen atoms in total. The van der Waals surface area contributed by atoms with Gasteiger partial charge >= 0.3 is 5.97 Å². The summed E-state index contributed by atoms with van der Waals surface area (Å²) < 4.78 is 10.3. The van der Waals surface area contributed by atoms with Crippen LogP contribution < -0.4 is 10.1 Å². The third-order valence-electron chi connectivity index (χ3n) is 2.96. The lowest BCUT2D eigenvalue weighted by Gasteiger charge is -2.12. The Bertz CT molecular complexity index is 729. The molecule has 1 amide bonds. The number of ether oxygens (including phenoxy) is 2. The molecule has 0 aromatic heterocycles. The highest BCUT2D eigenvalue weighted by Crippen LogP contribution is 2.32. The van der Waals surface area contributed by atoms with Crippen molar-refractivity contribution in [1.82, 2.24) is 0 Å². The molecule has 0 fully saturated rings. The van der Waals surface area contributed by atoms with Crippen LogP contribution in [-0.4, -0.2) is 25.1 Å². The van der Waals surface area contributed by atoms with Crippen molar-refractivity contribution in [2.75, 3.05) is 18.5 Å². The Morgan fingerprint density at radius 1 is 1.04 bits per heavy atom. The summed E-state index contributed by atoms with van der Waals surface area (Å²) in [7, 11) is 0. The van der Waals surface area contributed by atoms with Gasteiger partial charge in [0.25, 0.3) is 5.91 Å². The van der Waals surface area contributed by atoms with E-state index in [9.17, 15) is 9.59 Å². The Hall–Kier alpha value is -2.24. The summed E-state index contributed by atoms with van der Waals surface area (Å²) in [6.07, 6.45) is 0. The molecule has 0 unspecified atom stereocenters. The molecular formula is C17H15Cl2NO4. The van der Waals surface area contributed by atoms with E-state index >= 15 is 0 Å². The molecule has 0 aliphatic carbocycles. The maximum absolute atomic E-state index is 12.1. The zero-order valence-electron chi connectivity index (χ0n) is 12.8. The molecule has 0 saturated heterocycles. The second kappa shape index (κ2) is 8.57. The number of hydrogen-bond acceptors (Lipinski definition) is 4. The standard InChI is InChI=1S/C17H15Cl2NO4/c1-2-23-17(22)11-6-3-4-9-14(11)20-15(21)10-24-16-12(18)7-5-8-13(16)19/h3-9H,2,10H2,1H3,(H,20,21). The van der Waals surface area contributed by atoms with E-state index in [1.807, 2.05) is 0 Å². The summed E-state index contributed by atoms with van der Waals surface area (Å²) in [5.74, 6) is -0.735. The number of benzene rings is 2. The minimum atomic E-state index is -0.511. The molecule has 0 heterocycles. The van der Waals surface area contributed by atoms with Gasteiger partial charge in [0.15, 0.2) is 12.4 Å². The van der Waals surface area contributed by atoms with Crippen molar-refractivity contribution in [2.45, 2.75) is 6.92 Å². The van der Waals surface area contributed by atoms with E-state index in [1.165, 1.54) is 0 Å². The molecule has 0 aliphatic heterocycles. The highest BCUT2D eigenvalue weighted by atomic mass is 35.5. The van der Waals surface area contributed by atoms with Gasteiger partial charge in [-0.3, -0.25) is 4.79 Å². The largest absolute Gasteiger partial charge is 0.481 e. The van der Waals surface area contributed by atoms with Gasteiger partial charge in [0.2, 0.25) is 0 Å². The van der Waals surface area contributed by atoms with Gasteiger partial charge in [0.05, 0.1) is 27.9 Å². The van der Waals surface area contributed by atoms with Gasteiger partial charge in [-0.2, -0.15) is 0 Å². The average Bonchev–Trinajstić information content (AvgIpc) is 2.55. The van der Waals surface area contributed by atoms with Crippen molar-refractivity contribution >= 4 is 40.8 Å². The molecule has 0 radical (unpaired) electrons. The lowest BCUT2D eigenvalue weighted by Crippen LogP contribution is -2.22. The fourth-order valence-corrected chi connectivity index (χ4v) is 2.43. The lowest BCUT2D eigenvalue weighted by molar-refractivity contribution is -0.118. The van der Waals surface area contributed by atoms with Crippen LogP contribution in [0.3, 0.4) is 0 Å². The molecule has 0 spiro atoms. The van der Waals surface area contributed by atoms with Crippen LogP contribution in [-0.2, 0) is 9.53 Å². The first kappa shape index (κ1) is 18.1. The second-order valence-electron chi connectivity index (χ2n) is 4.65. The quantitative estimate of drug-likeness (QED) is 0.777. The summed E-state index contributed by atoms with van der Waals surface area (Å²) in [5, 5.41) is 3.22. The van der Waals surface area contributed by atoms with Crippen LogP contribution >= 0.6 is 23.2 Å². The number of rotatable bonds is 6. The van der Waals surface area contributed by atoms with Gasteiger partial charge in [-0.05, 0) is 31.2 Å². The lowest BCUT2D eigenvalue weighted by atomic mass is 10.2. The van der Waals surface area contributed by atoms with Crippen LogP contribution in [0.15, 0.2) is 42.5 Å². The van der Waals surface area contributed by atoms with Crippen LogP contribution in [0.25, 0.3) is 0 Å². The molecule has 0 aliphatic rings. The van der Waals surface area contributed by atoms with Crippen molar-refractivity contribution in [3.05, 3.63) is 58.1 Å². The zero-order chi connectivity index (χ0) is 17.5. The van der Waals surface area contributed by atoms with Crippen LogP contribution in [0.2, 0.25) is 10.0 Å². The number of amides is 1. The molecule has 24 heavy (non-hydrogen) atoms. The number of carbonyl (C=O) groups is 2. The van der Waals surface area contributed by atoms with E-state index in [0.29, 0.717) is 15.7 Å². The third kappa shape index (κ3) is 4.63. The first-order valence-corrected chi connectivity index (χ1v) is 7.91. The van der Waals surface area contributed by atoms with Crippen molar-refractivity contribution < 1.29 is 19.1 Å².